The maximum atomic E-state index is 5.56. The van der Waals surface area contributed by atoms with Crippen molar-refractivity contribution in [1.82, 2.24) is 9.97 Å². The molecule has 0 bridgehead atoms. The highest BCUT2D eigenvalue weighted by molar-refractivity contribution is 5.64. The van der Waals surface area contributed by atoms with Crippen LogP contribution < -0.4 is 21.3 Å². The minimum atomic E-state index is 0.618. The van der Waals surface area contributed by atoms with Gasteiger partial charge >= 0.3 is 0 Å². The minimum Gasteiger partial charge on any atom is -0.494 e. The Labute approximate surface area is 124 Å². The molecule has 21 heavy (non-hydrogen) atoms. The lowest BCUT2D eigenvalue weighted by Gasteiger charge is -2.13. The van der Waals surface area contributed by atoms with E-state index in [9.17, 15) is 0 Å². The average molecular weight is 287 g/mol. The number of aromatic nitrogens is 2. The fourth-order valence-corrected chi connectivity index (χ4v) is 1.88. The number of hydrogen-bond donors (Lipinski definition) is 3. The molecule has 0 spiro atoms. The van der Waals surface area contributed by atoms with Crippen LogP contribution in [0.2, 0.25) is 0 Å². The van der Waals surface area contributed by atoms with E-state index >= 15 is 0 Å². The number of rotatable bonds is 6. The molecule has 0 unspecified atom stereocenters. The SMILES string of the molecule is CCCOc1ccc(Nc2nc(C)nc(NN)c2C)cc1. The van der Waals surface area contributed by atoms with Gasteiger partial charge in [0.15, 0.2) is 0 Å². The van der Waals surface area contributed by atoms with Gasteiger partial charge in [0, 0.05) is 11.3 Å². The highest BCUT2D eigenvalue weighted by atomic mass is 16.5. The summed E-state index contributed by atoms with van der Waals surface area (Å²) in [5.74, 6) is 8.33. The van der Waals surface area contributed by atoms with Crippen LogP contribution in [0.1, 0.15) is 24.7 Å². The predicted octanol–water partition coefficient (Wildman–Crippen LogP) is 2.91. The van der Waals surface area contributed by atoms with E-state index < -0.39 is 0 Å². The molecule has 0 radical (unpaired) electrons. The lowest BCUT2D eigenvalue weighted by molar-refractivity contribution is 0.317. The molecule has 0 saturated carbocycles. The summed E-state index contributed by atoms with van der Waals surface area (Å²) < 4.78 is 5.56. The number of nitrogens with one attached hydrogen (secondary N) is 2. The van der Waals surface area contributed by atoms with Gasteiger partial charge in [-0.3, -0.25) is 0 Å². The third-order valence-corrected chi connectivity index (χ3v) is 2.98. The van der Waals surface area contributed by atoms with Crippen molar-refractivity contribution in [1.29, 1.82) is 0 Å². The highest BCUT2D eigenvalue weighted by Gasteiger charge is 2.08. The Morgan fingerprint density at radius 1 is 1.10 bits per heavy atom. The Kier molecular flexibility index (Phi) is 4.94. The quantitative estimate of drug-likeness (QED) is 0.559. The van der Waals surface area contributed by atoms with Gasteiger partial charge in [0.2, 0.25) is 0 Å². The molecule has 0 aliphatic rings. The maximum Gasteiger partial charge on any atom is 0.148 e. The van der Waals surface area contributed by atoms with Gasteiger partial charge in [-0.1, -0.05) is 6.92 Å². The first-order chi connectivity index (χ1) is 10.1. The Bertz CT molecular complexity index is 598. The molecular formula is C15H21N5O. The van der Waals surface area contributed by atoms with E-state index in [4.69, 9.17) is 10.6 Å². The molecule has 1 aromatic heterocycles. The van der Waals surface area contributed by atoms with E-state index in [1.807, 2.05) is 38.1 Å². The monoisotopic (exact) mass is 287 g/mol. The summed E-state index contributed by atoms with van der Waals surface area (Å²) in [7, 11) is 0. The average Bonchev–Trinajstić information content (AvgIpc) is 2.49. The van der Waals surface area contributed by atoms with Gasteiger partial charge in [0.1, 0.15) is 23.2 Å². The first-order valence-electron chi connectivity index (χ1n) is 6.95. The number of anilines is 3. The summed E-state index contributed by atoms with van der Waals surface area (Å²) in [4.78, 5) is 8.63. The molecule has 6 nitrogen and oxygen atoms in total. The van der Waals surface area contributed by atoms with Gasteiger partial charge < -0.3 is 15.5 Å². The zero-order valence-electron chi connectivity index (χ0n) is 12.6. The van der Waals surface area contributed by atoms with Gasteiger partial charge in [-0.15, -0.1) is 0 Å². The van der Waals surface area contributed by atoms with Crippen LogP contribution in [0.4, 0.5) is 17.3 Å². The van der Waals surface area contributed by atoms with E-state index in [1.54, 1.807) is 0 Å². The molecule has 4 N–H and O–H groups in total. The molecule has 6 heteroatoms. The fraction of sp³-hybridized carbons (Fsp3) is 0.333. The second-order valence-corrected chi connectivity index (χ2v) is 4.74. The first-order valence-corrected chi connectivity index (χ1v) is 6.95. The topological polar surface area (TPSA) is 85.1 Å². The number of aryl methyl sites for hydroxylation is 1. The molecule has 0 aliphatic carbocycles. The lowest BCUT2D eigenvalue weighted by Crippen LogP contribution is -2.13. The molecule has 0 amide bonds. The number of nitrogens with two attached hydrogens (primary N) is 1. The van der Waals surface area contributed by atoms with Gasteiger partial charge in [0.25, 0.3) is 0 Å². The first kappa shape index (κ1) is 15.1. The van der Waals surface area contributed by atoms with Crippen LogP contribution in [0.15, 0.2) is 24.3 Å². The van der Waals surface area contributed by atoms with Gasteiger partial charge in [-0.25, -0.2) is 15.8 Å². The largest absolute Gasteiger partial charge is 0.494 e. The summed E-state index contributed by atoms with van der Waals surface area (Å²) in [6.07, 6.45) is 0.994. The predicted molar refractivity (Wildman–Crippen MR) is 84.8 cm³/mol. The van der Waals surface area contributed by atoms with Crippen molar-refractivity contribution >= 4 is 17.3 Å². The molecule has 0 fully saturated rings. The van der Waals surface area contributed by atoms with Gasteiger partial charge in [-0.05, 0) is 44.5 Å². The van der Waals surface area contributed by atoms with Crippen LogP contribution >= 0.6 is 0 Å². The zero-order chi connectivity index (χ0) is 15.2. The van der Waals surface area contributed by atoms with Crippen LogP contribution in [0.25, 0.3) is 0 Å². The summed E-state index contributed by atoms with van der Waals surface area (Å²) in [5.41, 5.74) is 4.39. The van der Waals surface area contributed by atoms with Crippen LogP contribution in [0.3, 0.4) is 0 Å². The van der Waals surface area contributed by atoms with Gasteiger partial charge in [0.05, 0.1) is 6.61 Å². The van der Waals surface area contributed by atoms with Crippen molar-refractivity contribution in [3.63, 3.8) is 0 Å². The standard InChI is InChI=1S/C15H21N5O/c1-4-9-21-13-7-5-12(6-8-13)19-14-10(2)15(20-16)18-11(3)17-14/h5-8H,4,9,16H2,1-3H3,(H2,17,18,19,20). The molecule has 1 heterocycles. The summed E-state index contributed by atoms with van der Waals surface area (Å²) >= 11 is 0. The van der Waals surface area contributed by atoms with Crippen LogP contribution in [0, 0.1) is 13.8 Å². The number of nitrogen functional groups attached to an aromatic ring is 1. The molecular weight excluding hydrogens is 266 g/mol. The number of nitrogens with zero attached hydrogens (tertiary/aromatic N) is 2. The fourth-order valence-electron chi connectivity index (χ4n) is 1.88. The van der Waals surface area contributed by atoms with E-state index in [1.165, 1.54) is 0 Å². The molecule has 1 aromatic carbocycles. The van der Waals surface area contributed by atoms with Crippen LogP contribution in [-0.2, 0) is 0 Å². The van der Waals surface area contributed by atoms with Gasteiger partial charge in [-0.2, -0.15) is 0 Å². The van der Waals surface area contributed by atoms with E-state index in [0.29, 0.717) is 11.6 Å². The molecule has 0 saturated heterocycles. The summed E-state index contributed by atoms with van der Waals surface area (Å²) in [6, 6.07) is 7.78. The number of benzene rings is 1. The van der Waals surface area contributed by atoms with Crippen molar-refractivity contribution in [2.75, 3.05) is 17.3 Å². The third kappa shape index (κ3) is 3.82. The third-order valence-electron chi connectivity index (χ3n) is 2.98. The number of ether oxygens (including phenoxy) is 1. The lowest BCUT2D eigenvalue weighted by atomic mass is 10.2. The van der Waals surface area contributed by atoms with Crippen molar-refractivity contribution in [2.24, 2.45) is 5.84 Å². The van der Waals surface area contributed by atoms with Crippen LogP contribution in [-0.4, -0.2) is 16.6 Å². The molecule has 2 rings (SSSR count). The molecule has 2 aromatic rings. The number of hydrogen-bond acceptors (Lipinski definition) is 6. The Morgan fingerprint density at radius 2 is 1.76 bits per heavy atom. The van der Waals surface area contributed by atoms with E-state index in [-0.39, 0.29) is 0 Å². The van der Waals surface area contributed by atoms with E-state index in [0.717, 1.165) is 35.8 Å². The van der Waals surface area contributed by atoms with E-state index in [2.05, 4.69) is 27.6 Å². The zero-order valence-corrected chi connectivity index (χ0v) is 12.6. The van der Waals surface area contributed by atoms with Crippen LogP contribution in [0.5, 0.6) is 5.75 Å². The Morgan fingerprint density at radius 3 is 2.38 bits per heavy atom. The molecule has 112 valence electrons. The van der Waals surface area contributed by atoms with Crippen molar-refractivity contribution in [3.05, 3.63) is 35.7 Å². The Hall–Kier alpha value is -2.34. The minimum absolute atomic E-state index is 0.618. The smallest absolute Gasteiger partial charge is 0.148 e. The van der Waals surface area contributed by atoms with Crippen molar-refractivity contribution in [2.45, 2.75) is 27.2 Å². The molecule has 0 atom stereocenters. The second-order valence-electron chi connectivity index (χ2n) is 4.74. The maximum absolute atomic E-state index is 5.56. The normalized spacial score (nSPS) is 10.3. The summed E-state index contributed by atoms with van der Waals surface area (Å²) in [6.45, 7) is 6.55. The Balaban J connectivity index is 2.16. The number of hydrazine groups is 1. The van der Waals surface area contributed by atoms with Crippen molar-refractivity contribution < 1.29 is 4.74 Å². The summed E-state index contributed by atoms with van der Waals surface area (Å²) in [5, 5.41) is 3.27. The highest BCUT2D eigenvalue weighted by Crippen LogP contribution is 2.24. The van der Waals surface area contributed by atoms with Crippen molar-refractivity contribution in [3.8, 4) is 5.75 Å². The molecule has 0 aliphatic heterocycles. The second kappa shape index (κ2) is 6.90.